The van der Waals surface area contributed by atoms with E-state index < -0.39 is 0 Å². The Hall–Kier alpha value is -1.27. The lowest BCUT2D eigenvalue weighted by Crippen LogP contribution is -2.14. The number of hydrogen-bond acceptors (Lipinski definition) is 4. The lowest BCUT2D eigenvalue weighted by atomic mass is 10.2. The van der Waals surface area contributed by atoms with Crippen LogP contribution in [0.4, 0.5) is 5.69 Å². The van der Waals surface area contributed by atoms with Gasteiger partial charge in [0.1, 0.15) is 5.69 Å². The van der Waals surface area contributed by atoms with Gasteiger partial charge >= 0.3 is 0 Å². The maximum atomic E-state index is 12.0. The minimum Gasteiger partial charge on any atom is -0.319 e. The molecule has 1 N–H and O–H groups in total. The molecule has 94 valence electrons. The highest BCUT2D eigenvalue weighted by atomic mass is 79.9. The molecular weight excluding hydrogens is 314 g/mol. The molecule has 0 aliphatic heterocycles. The number of aryl methyl sites for hydroxylation is 2. The molecule has 1 amide bonds. The first-order valence-electron chi connectivity index (χ1n) is 5.47. The summed E-state index contributed by atoms with van der Waals surface area (Å²) in [5.41, 5.74) is 2.10. The van der Waals surface area contributed by atoms with Crippen LogP contribution in [0.15, 0.2) is 22.2 Å². The Morgan fingerprint density at radius 1 is 1.50 bits per heavy atom. The normalized spacial score (nSPS) is 10.4. The van der Waals surface area contributed by atoms with E-state index in [4.69, 9.17) is 0 Å². The van der Waals surface area contributed by atoms with E-state index in [0.717, 1.165) is 27.2 Å². The Morgan fingerprint density at radius 3 is 2.89 bits per heavy atom. The zero-order valence-electron chi connectivity index (χ0n) is 10.0. The van der Waals surface area contributed by atoms with Gasteiger partial charge in [-0.05, 0) is 34.8 Å². The van der Waals surface area contributed by atoms with Crippen LogP contribution in [0.5, 0.6) is 0 Å². The van der Waals surface area contributed by atoms with Gasteiger partial charge in [0.05, 0.1) is 15.2 Å². The first-order chi connectivity index (χ1) is 8.61. The van der Waals surface area contributed by atoms with E-state index in [1.54, 1.807) is 17.8 Å². The molecule has 2 aromatic heterocycles. The van der Waals surface area contributed by atoms with Gasteiger partial charge in [-0.15, -0.1) is 11.3 Å². The number of aromatic nitrogens is 2. The summed E-state index contributed by atoms with van der Waals surface area (Å²) < 4.78 is 0.766. The maximum Gasteiger partial charge on any atom is 0.275 e. The number of carbonyl (C=O) groups is 1. The van der Waals surface area contributed by atoms with Crippen molar-refractivity contribution >= 4 is 38.9 Å². The predicted molar refractivity (Wildman–Crippen MR) is 76.1 cm³/mol. The molecule has 0 aliphatic rings. The van der Waals surface area contributed by atoms with Crippen molar-refractivity contribution in [2.24, 2.45) is 0 Å². The molecule has 0 aromatic carbocycles. The number of halogens is 1. The number of nitrogens with one attached hydrogen (secondary N) is 1. The fraction of sp³-hybridized carbons (Fsp3) is 0.250. The molecule has 6 heteroatoms. The summed E-state index contributed by atoms with van der Waals surface area (Å²) in [6, 6.07) is 0. The molecule has 0 aliphatic carbocycles. The summed E-state index contributed by atoms with van der Waals surface area (Å²) in [5, 5.41) is 5.59. The van der Waals surface area contributed by atoms with Crippen molar-refractivity contribution in [3.8, 4) is 0 Å². The second-order valence-corrected chi connectivity index (χ2v) is 5.54. The molecule has 2 rings (SSSR count). The van der Waals surface area contributed by atoms with Crippen LogP contribution in [-0.2, 0) is 6.42 Å². The van der Waals surface area contributed by atoms with Crippen molar-refractivity contribution < 1.29 is 4.79 Å². The van der Waals surface area contributed by atoms with Gasteiger partial charge in [-0.1, -0.05) is 6.92 Å². The molecule has 0 spiro atoms. The van der Waals surface area contributed by atoms with E-state index >= 15 is 0 Å². The summed E-state index contributed by atoms with van der Waals surface area (Å²) in [4.78, 5) is 20.3. The Balaban J connectivity index is 2.21. The van der Waals surface area contributed by atoms with Gasteiger partial charge < -0.3 is 5.32 Å². The van der Waals surface area contributed by atoms with Gasteiger partial charge in [-0.25, -0.2) is 4.98 Å². The molecule has 0 saturated carbocycles. The second kappa shape index (κ2) is 5.58. The van der Waals surface area contributed by atoms with Crippen molar-refractivity contribution in [2.45, 2.75) is 20.3 Å². The van der Waals surface area contributed by atoms with Crippen molar-refractivity contribution in [2.75, 3.05) is 5.32 Å². The highest BCUT2D eigenvalue weighted by Crippen LogP contribution is 2.25. The van der Waals surface area contributed by atoms with E-state index in [1.165, 1.54) is 11.3 Å². The Labute approximate surface area is 118 Å². The third kappa shape index (κ3) is 2.76. The predicted octanol–water partition coefficient (Wildman–Crippen LogP) is 3.42. The van der Waals surface area contributed by atoms with Gasteiger partial charge in [0.2, 0.25) is 0 Å². The van der Waals surface area contributed by atoms with E-state index in [1.807, 2.05) is 13.8 Å². The number of pyridine rings is 1. The maximum absolute atomic E-state index is 12.0. The molecule has 0 saturated heterocycles. The summed E-state index contributed by atoms with van der Waals surface area (Å²) in [6.45, 7) is 3.91. The first kappa shape index (κ1) is 13.2. The zero-order valence-corrected chi connectivity index (χ0v) is 12.4. The van der Waals surface area contributed by atoms with Crippen molar-refractivity contribution in [1.82, 2.24) is 9.97 Å². The van der Waals surface area contributed by atoms with Crippen LogP contribution >= 0.6 is 27.3 Å². The summed E-state index contributed by atoms with van der Waals surface area (Å²) in [7, 11) is 0. The summed E-state index contributed by atoms with van der Waals surface area (Å²) in [5.74, 6) is -0.194. The molecule has 0 unspecified atom stereocenters. The van der Waals surface area contributed by atoms with Crippen LogP contribution in [0.2, 0.25) is 0 Å². The number of rotatable bonds is 3. The molecule has 2 aromatic rings. The molecule has 2 heterocycles. The average Bonchev–Trinajstić information content (AvgIpc) is 2.82. The largest absolute Gasteiger partial charge is 0.319 e. The number of anilines is 1. The fourth-order valence-electron chi connectivity index (χ4n) is 1.45. The van der Waals surface area contributed by atoms with Crippen LogP contribution in [0.25, 0.3) is 0 Å². The Bertz CT molecular complexity index is 562. The smallest absolute Gasteiger partial charge is 0.275 e. The van der Waals surface area contributed by atoms with Crippen molar-refractivity contribution in [3.63, 3.8) is 0 Å². The van der Waals surface area contributed by atoms with Gasteiger partial charge in [-0.3, -0.25) is 9.78 Å². The third-order valence-corrected chi connectivity index (χ3v) is 4.01. The van der Waals surface area contributed by atoms with Crippen LogP contribution in [0.1, 0.15) is 28.0 Å². The highest BCUT2D eigenvalue weighted by molar-refractivity contribution is 9.10. The van der Waals surface area contributed by atoms with Gasteiger partial charge in [-0.2, -0.15) is 0 Å². The molecule has 0 bridgehead atoms. The van der Waals surface area contributed by atoms with E-state index in [2.05, 4.69) is 31.2 Å². The van der Waals surface area contributed by atoms with Crippen LogP contribution in [0, 0.1) is 6.92 Å². The molecule has 0 fully saturated rings. The zero-order chi connectivity index (χ0) is 13.1. The topological polar surface area (TPSA) is 54.9 Å². The van der Waals surface area contributed by atoms with E-state index in [9.17, 15) is 4.79 Å². The molecule has 0 atom stereocenters. The summed E-state index contributed by atoms with van der Waals surface area (Å²) >= 11 is 4.87. The molecule has 0 radical (unpaired) electrons. The molecule has 18 heavy (non-hydrogen) atoms. The number of carbonyl (C=O) groups excluding carboxylic acids is 1. The lowest BCUT2D eigenvalue weighted by molar-refractivity contribution is 0.102. The first-order valence-corrected chi connectivity index (χ1v) is 7.15. The van der Waals surface area contributed by atoms with Crippen LogP contribution < -0.4 is 5.32 Å². The van der Waals surface area contributed by atoms with E-state index in [-0.39, 0.29) is 5.91 Å². The fourth-order valence-corrected chi connectivity index (χ4v) is 2.70. The lowest BCUT2D eigenvalue weighted by Gasteiger charge is -2.08. The minimum atomic E-state index is -0.194. The number of nitrogens with zero attached hydrogens (tertiary/aromatic N) is 2. The minimum absolute atomic E-state index is 0.194. The second-order valence-electron chi connectivity index (χ2n) is 3.75. The Morgan fingerprint density at radius 2 is 2.28 bits per heavy atom. The third-order valence-electron chi connectivity index (χ3n) is 2.41. The molecular formula is C12H12BrN3OS. The SMILES string of the molecule is CCc1nc(C(=O)Nc2c(C)cncc2Br)cs1. The summed E-state index contributed by atoms with van der Waals surface area (Å²) in [6.07, 6.45) is 4.20. The quantitative estimate of drug-likeness (QED) is 0.940. The number of amides is 1. The average molecular weight is 326 g/mol. The number of hydrogen-bond donors (Lipinski definition) is 1. The Kier molecular flexibility index (Phi) is 4.08. The van der Waals surface area contributed by atoms with Gasteiger partial charge in [0.15, 0.2) is 0 Å². The standard InChI is InChI=1S/C12H12BrN3OS/c1-3-10-15-9(6-18-10)12(17)16-11-7(2)4-14-5-8(11)13/h4-6H,3H2,1-2H3,(H,14,16,17). The van der Waals surface area contributed by atoms with Crippen molar-refractivity contribution in [3.05, 3.63) is 38.5 Å². The van der Waals surface area contributed by atoms with Crippen LogP contribution in [0.3, 0.4) is 0 Å². The number of thiazole rings is 1. The van der Waals surface area contributed by atoms with Crippen molar-refractivity contribution in [1.29, 1.82) is 0 Å². The van der Waals surface area contributed by atoms with Gasteiger partial charge in [0, 0.05) is 17.8 Å². The van der Waals surface area contributed by atoms with E-state index in [0.29, 0.717) is 5.69 Å². The molecule has 4 nitrogen and oxygen atoms in total. The monoisotopic (exact) mass is 325 g/mol. The van der Waals surface area contributed by atoms with Crippen LogP contribution in [-0.4, -0.2) is 15.9 Å². The van der Waals surface area contributed by atoms with Gasteiger partial charge in [0.25, 0.3) is 5.91 Å². The highest BCUT2D eigenvalue weighted by Gasteiger charge is 2.13.